The summed E-state index contributed by atoms with van der Waals surface area (Å²) in [4.78, 5) is 15.4. The van der Waals surface area contributed by atoms with E-state index in [2.05, 4.69) is 24.1 Å². The Morgan fingerprint density at radius 2 is 2.08 bits per heavy atom. The standard InChI is InChI=1S/C18H27FN2O3/c1-18(2,14-6-4-12(5-7-14)17(23)24-3)21-11-16(22)13-8-15(19)10-20-9-13/h8-10,12,14,16,21-22H,4-7,11H2,1-3H3/t12?,14?,16-/m0/s1. The molecule has 5 nitrogen and oxygen atoms in total. The third-order valence-electron chi connectivity index (χ3n) is 5.14. The van der Waals surface area contributed by atoms with Gasteiger partial charge in [0.2, 0.25) is 0 Å². The number of nitrogens with zero attached hydrogens (tertiary/aromatic N) is 1. The summed E-state index contributed by atoms with van der Waals surface area (Å²) in [6.45, 7) is 4.54. The number of hydrogen-bond donors (Lipinski definition) is 2. The van der Waals surface area contributed by atoms with Gasteiger partial charge < -0.3 is 15.2 Å². The summed E-state index contributed by atoms with van der Waals surface area (Å²) in [5, 5.41) is 13.6. The molecule has 1 fully saturated rings. The molecule has 0 saturated heterocycles. The Kier molecular flexibility index (Phi) is 6.29. The van der Waals surface area contributed by atoms with Crippen LogP contribution in [0.25, 0.3) is 0 Å². The highest BCUT2D eigenvalue weighted by Crippen LogP contribution is 2.36. The molecule has 24 heavy (non-hydrogen) atoms. The molecular weight excluding hydrogens is 311 g/mol. The second-order valence-corrected chi connectivity index (χ2v) is 7.13. The summed E-state index contributed by atoms with van der Waals surface area (Å²) < 4.78 is 18.0. The van der Waals surface area contributed by atoms with Crippen LogP contribution in [0.15, 0.2) is 18.5 Å². The zero-order valence-corrected chi connectivity index (χ0v) is 14.6. The summed E-state index contributed by atoms with van der Waals surface area (Å²) in [6.07, 6.45) is 5.34. The molecule has 1 aromatic heterocycles. The van der Waals surface area contributed by atoms with Gasteiger partial charge in [-0.15, -0.1) is 0 Å². The van der Waals surface area contributed by atoms with E-state index in [0.717, 1.165) is 31.9 Å². The van der Waals surface area contributed by atoms with Gasteiger partial charge in [-0.1, -0.05) is 0 Å². The van der Waals surface area contributed by atoms with Crippen LogP contribution in [0.1, 0.15) is 51.2 Å². The van der Waals surface area contributed by atoms with E-state index in [1.165, 1.54) is 19.4 Å². The predicted octanol–water partition coefficient (Wildman–Crippen LogP) is 2.60. The second-order valence-electron chi connectivity index (χ2n) is 7.13. The minimum absolute atomic E-state index is 0.00556. The van der Waals surface area contributed by atoms with Crippen LogP contribution >= 0.6 is 0 Å². The number of β-amino-alcohol motifs (C(OH)–C–C–N with tert-alkyl or cyclic N) is 1. The van der Waals surface area contributed by atoms with Crippen LogP contribution in [0.5, 0.6) is 0 Å². The summed E-state index contributed by atoms with van der Waals surface area (Å²) in [6, 6.07) is 1.30. The Bertz CT molecular complexity index is 557. The average molecular weight is 338 g/mol. The van der Waals surface area contributed by atoms with Crippen molar-refractivity contribution in [2.24, 2.45) is 11.8 Å². The Morgan fingerprint density at radius 3 is 2.67 bits per heavy atom. The van der Waals surface area contributed by atoms with Crippen molar-refractivity contribution in [3.8, 4) is 0 Å². The summed E-state index contributed by atoms with van der Waals surface area (Å²) >= 11 is 0. The lowest BCUT2D eigenvalue weighted by atomic mass is 9.73. The number of aromatic nitrogens is 1. The molecule has 1 saturated carbocycles. The van der Waals surface area contributed by atoms with E-state index in [4.69, 9.17) is 4.74 Å². The van der Waals surface area contributed by atoms with Crippen molar-refractivity contribution < 1.29 is 19.0 Å². The zero-order valence-electron chi connectivity index (χ0n) is 14.6. The van der Waals surface area contributed by atoms with Crippen molar-refractivity contribution in [2.45, 2.75) is 51.2 Å². The second kappa shape index (κ2) is 8.03. The minimum Gasteiger partial charge on any atom is -0.469 e. The first kappa shape index (κ1) is 18.8. The van der Waals surface area contributed by atoms with E-state index in [9.17, 15) is 14.3 Å². The van der Waals surface area contributed by atoms with E-state index >= 15 is 0 Å². The number of carbonyl (C=O) groups is 1. The number of esters is 1. The highest BCUT2D eigenvalue weighted by molar-refractivity contribution is 5.72. The molecule has 6 heteroatoms. The summed E-state index contributed by atoms with van der Waals surface area (Å²) in [5.41, 5.74) is 0.288. The first-order chi connectivity index (χ1) is 11.3. The van der Waals surface area contributed by atoms with Gasteiger partial charge in [-0.05, 0) is 51.5 Å². The highest BCUT2D eigenvalue weighted by Gasteiger charge is 2.35. The van der Waals surface area contributed by atoms with Crippen molar-refractivity contribution in [1.82, 2.24) is 10.3 Å². The lowest BCUT2D eigenvalue weighted by Crippen LogP contribution is -2.49. The monoisotopic (exact) mass is 338 g/mol. The molecule has 0 spiro atoms. The fourth-order valence-electron chi connectivity index (χ4n) is 3.45. The van der Waals surface area contributed by atoms with Crippen LogP contribution < -0.4 is 5.32 Å². The molecule has 2 rings (SSSR count). The molecule has 1 heterocycles. The van der Waals surface area contributed by atoms with Gasteiger partial charge >= 0.3 is 5.97 Å². The molecule has 134 valence electrons. The number of aliphatic hydroxyl groups excluding tert-OH is 1. The maximum atomic E-state index is 13.2. The van der Waals surface area contributed by atoms with Crippen LogP contribution in [0.3, 0.4) is 0 Å². The van der Waals surface area contributed by atoms with Crippen LogP contribution in [0, 0.1) is 17.7 Å². The van der Waals surface area contributed by atoms with E-state index in [1.807, 2.05) is 0 Å². The van der Waals surface area contributed by atoms with E-state index in [1.54, 1.807) is 0 Å². The van der Waals surface area contributed by atoms with Gasteiger partial charge in [0.1, 0.15) is 5.82 Å². The largest absolute Gasteiger partial charge is 0.469 e. The molecule has 0 aliphatic heterocycles. The number of hydrogen-bond acceptors (Lipinski definition) is 5. The highest BCUT2D eigenvalue weighted by atomic mass is 19.1. The SMILES string of the molecule is COC(=O)C1CCC(C(C)(C)NC[C@H](O)c2cncc(F)c2)CC1. The van der Waals surface area contributed by atoms with Gasteiger partial charge in [0.15, 0.2) is 0 Å². The van der Waals surface area contributed by atoms with Gasteiger partial charge in [-0.2, -0.15) is 0 Å². The number of halogens is 1. The first-order valence-electron chi connectivity index (χ1n) is 8.45. The van der Waals surface area contributed by atoms with E-state index < -0.39 is 11.9 Å². The molecular formula is C18H27FN2O3. The summed E-state index contributed by atoms with van der Waals surface area (Å²) in [7, 11) is 1.43. The molecule has 0 aromatic carbocycles. The molecule has 0 bridgehead atoms. The van der Waals surface area contributed by atoms with Gasteiger partial charge in [-0.25, -0.2) is 4.39 Å². The number of aliphatic hydroxyl groups is 1. The molecule has 1 aliphatic carbocycles. The van der Waals surface area contributed by atoms with Gasteiger partial charge in [0.05, 0.1) is 25.3 Å². The molecule has 2 N–H and O–H groups in total. The predicted molar refractivity (Wildman–Crippen MR) is 88.7 cm³/mol. The van der Waals surface area contributed by atoms with Crippen LogP contribution in [0.2, 0.25) is 0 Å². The molecule has 0 radical (unpaired) electrons. The smallest absolute Gasteiger partial charge is 0.308 e. The molecule has 0 unspecified atom stereocenters. The fraction of sp³-hybridized carbons (Fsp3) is 0.667. The van der Waals surface area contributed by atoms with Crippen LogP contribution in [-0.4, -0.2) is 35.3 Å². The Balaban J connectivity index is 1.86. The summed E-state index contributed by atoms with van der Waals surface area (Å²) in [5.74, 6) is -0.151. The van der Waals surface area contributed by atoms with Gasteiger partial charge in [-0.3, -0.25) is 9.78 Å². The van der Waals surface area contributed by atoms with Gasteiger partial charge in [0, 0.05) is 23.8 Å². The molecule has 1 aliphatic rings. The molecule has 1 aromatic rings. The zero-order chi connectivity index (χ0) is 17.7. The fourth-order valence-corrected chi connectivity index (χ4v) is 3.45. The van der Waals surface area contributed by atoms with E-state index in [-0.39, 0.29) is 17.4 Å². The first-order valence-corrected chi connectivity index (χ1v) is 8.45. The Hall–Kier alpha value is -1.53. The van der Waals surface area contributed by atoms with Gasteiger partial charge in [0.25, 0.3) is 0 Å². The lowest BCUT2D eigenvalue weighted by Gasteiger charge is -2.40. The third kappa shape index (κ3) is 4.74. The number of nitrogens with one attached hydrogen (secondary N) is 1. The van der Waals surface area contributed by atoms with Crippen molar-refractivity contribution in [3.63, 3.8) is 0 Å². The third-order valence-corrected chi connectivity index (χ3v) is 5.14. The van der Waals surface area contributed by atoms with Crippen molar-refractivity contribution in [2.75, 3.05) is 13.7 Å². The lowest BCUT2D eigenvalue weighted by molar-refractivity contribution is -0.147. The van der Waals surface area contributed by atoms with Crippen molar-refractivity contribution in [3.05, 3.63) is 29.8 Å². The Morgan fingerprint density at radius 1 is 1.42 bits per heavy atom. The molecule has 1 atom stereocenters. The number of ether oxygens (including phenoxy) is 1. The average Bonchev–Trinajstić information content (AvgIpc) is 2.59. The number of rotatable bonds is 6. The molecule has 0 amide bonds. The van der Waals surface area contributed by atoms with Crippen molar-refractivity contribution in [1.29, 1.82) is 0 Å². The maximum Gasteiger partial charge on any atom is 0.308 e. The van der Waals surface area contributed by atoms with Crippen molar-refractivity contribution >= 4 is 5.97 Å². The van der Waals surface area contributed by atoms with E-state index in [0.29, 0.717) is 18.0 Å². The minimum atomic E-state index is -0.807. The topological polar surface area (TPSA) is 71.5 Å². The number of methoxy groups -OCH3 is 1. The Labute approximate surface area is 142 Å². The maximum absolute atomic E-state index is 13.2. The van der Waals surface area contributed by atoms with Crippen LogP contribution in [-0.2, 0) is 9.53 Å². The number of carbonyl (C=O) groups excluding carboxylic acids is 1. The number of pyridine rings is 1. The normalized spacial score (nSPS) is 22.9. The van der Waals surface area contributed by atoms with Crippen LogP contribution in [0.4, 0.5) is 4.39 Å². The quantitative estimate of drug-likeness (QED) is 0.780.